The first-order chi connectivity index (χ1) is 8.20. The molecule has 0 saturated carbocycles. The Hall–Kier alpha value is -1.13. The van der Waals surface area contributed by atoms with Gasteiger partial charge in [0.2, 0.25) is 0 Å². The summed E-state index contributed by atoms with van der Waals surface area (Å²) in [4.78, 5) is 0. The summed E-state index contributed by atoms with van der Waals surface area (Å²) in [6.45, 7) is 1.08. The van der Waals surface area contributed by atoms with E-state index in [4.69, 9.17) is 9.47 Å². The molecule has 0 aromatic heterocycles. The normalized spacial score (nSPS) is 24.6. The first kappa shape index (κ1) is 12.3. The SMILES string of the molecule is COc1ccc(CC2COCCC2O)c(F)c1. The molecule has 94 valence electrons. The lowest BCUT2D eigenvalue weighted by atomic mass is 9.91. The van der Waals surface area contributed by atoms with Crippen molar-refractivity contribution in [3.8, 4) is 5.75 Å². The topological polar surface area (TPSA) is 38.7 Å². The zero-order chi connectivity index (χ0) is 12.3. The monoisotopic (exact) mass is 240 g/mol. The molecule has 1 aliphatic rings. The van der Waals surface area contributed by atoms with Gasteiger partial charge in [-0.1, -0.05) is 6.07 Å². The van der Waals surface area contributed by atoms with Gasteiger partial charge in [0, 0.05) is 18.6 Å². The molecule has 1 aromatic carbocycles. The molecule has 2 unspecified atom stereocenters. The van der Waals surface area contributed by atoms with E-state index in [9.17, 15) is 9.50 Å². The van der Waals surface area contributed by atoms with Crippen LogP contribution in [0.2, 0.25) is 0 Å². The van der Waals surface area contributed by atoms with Gasteiger partial charge in [0.25, 0.3) is 0 Å². The fourth-order valence-electron chi connectivity index (χ4n) is 2.08. The number of aliphatic hydroxyl groups is 1. The Morgan fingerprint density at radius 1 is 1.53 bits per heavy atom. The van der Waals surface area contributed by atoms with E-state index in [1.54, 1.807) is 12.1 Å². The molecule has 17 heavy (non-hydrogen) atoms. The van der Waals surface area contributed by atoms with Gasteiger partial charge in [-0.3, -0.25) is 0 Å². The molecular weight excluding hydrogens is 223 g/mol. The third kappa shape index (κ3) is 2.96. The van der Waals surface area contributed by atoms with Crippen molar-refractivity contribution in [1.82, 2.24) is 0 Å². The second-order valence-electron chi connectivity index (χ2n) is 4.35. The van der Waals surface area contributed by atoms with Gasteiger partial charge in [-0.25, -0.2) is 4.39 Å². The van der Waals surface area contributed by atoms with Crippen molar-refractivity contribution in [2.75, 3.05) is 20.3 Å². The van der Waals surface area contributed by atoms with E-state index in [2.05, 4.69) is 0 Å². The highest BCUT2D eigenvalue weighted by atomic mass is 19.1. The van der Waals surface area contributed by atoms with Crippen molar-refractivity contribution in [3.05, 3.63) is 29.6 Å². The lowest BCUT2D eigenvalue weighted by Gasteiger charge is -2.27. The first-order valence-electron chi connectivity index (χ1n) is 5.79. The van der Waals surface area contributed by atoms with Gasteiger partial charge in [0.15, 0.2) is 0 Å². The summed E-state index contributed by atoms with van der Waals surface area (Å²) < 4.78 is 24.0. The second kappa shape index (κ2) is 5.47. The van der Waals surface area contributed by atoms with Crippen LogP contribution in [-0.2, 0) is 11.2 Å². The number of ether oxygens (including phenoxy) is 2. The van der Waals surface area contributed by atoms with Crippen molar-refractivity contribution in [3.63, 3.8) is 0 Å². The molecule has 1 heterocycles. The molecule has 0 spiro atoms. The fourth-order valence-corrected chi connectivity index (χ4v) is 2.08. The number of methoxy groups -OCH3 is 1. The first-order valence-corrected chi connectivity index (χ1v) is 5.79. The molecule has 1 N–H and O–H groups in total. The Labute approximate surface area is 100 Å². The van der Waals surface area contributed by atoms with E-state index in [1.165, 1.54) is 13.2 Å². The molecule has 1 fully saturated rings. The Morgan fingerprint density at radius 2 is 2.35 bits per heavy atom. The summed E-state index contributed by atoms with van der Waals surface area (Å²) in [6.07, 6.45) is 0.727. The number of rotatable bonds is 3. The second-order valence-corrected chi connectivity index (χ2v) is 4.35. The molecule has 2 atom stereocenters. The molecule has 1 saturated heterocycles. The quantitative estimate of drug-likeness (QED) is 0.875. The van der Waals surface area contributed by atoms with Crippen LogP contribution in [0.25, 0.3) is 0 Å². The van der Waals surface area contributed by atoms with Crippen molar-refractivity contribution < 1.29 is 19.0 Å². The van der Waals surface area contributed by atoms with E-state index in [-0.39, 0.29) is 11.7 Å². The van der Waals surface area contributed by atoms with Crippen LogP contribution in [-0.4, -0.2) is 31.5 Å². The highest BCUT2D eigenvalue weighted by molar-refractivity contribution is 5.29. The van der Waals surface area contributed by atoms with Gasteiger partial charge >= 0.3 is 0 Å². The minimum atomic E-state index is -0.398. The van der Waals surface area contributed by atoms with Crippen LogP contribution in [0.5, 0.6) is 5.75 Å². The summed E-state index contributed by atoms with van der Waals surface area (Å²) >= 11 is 0. The van der Waals surface area contributed by atoms with Crippen LogP contribution < -0.4 is 4.74 Å². The van der Waals surface area contributed by atoms with E-state index in [0.29, 0.717) is 37.4 Å². The number of halogens is 1. The molecule has 1 aromatic rings. The Balaban J connectivity index is 2.07. The molecule has 4 heteroatoms. The lowest BCUT2D eigenvalue weighted by Crippen LogP contribution is -2.33. The van der Waals surface area contributed by atoms with Crippen LogP contribution in [0.3, 0.4) is 0 Å². The average molecular weight is 240 g/mol. The molecule has 0 aliphatic carbocycles. The largest absolute Gasteiger partial charge is 0.497 e. The molecule has 3 nitrogen and oxygen atoms in total. The summed E-state index contributed by atoms with van der Waals surface area (Å²) in [7, 11) is 1.51. The Morgan fingerprint density at radius 3 is 3.00 bits per heavy atom. The van der Waals surface area contributed by atoms with Crippen LogP contribution in [0, 0.1) is 11.7 Å². The third-order valence-electron chi connectivity index (χ3n) is 3.18. The highest BCUT2D eigenvalue weighted by Gasteiger charge is 2.24. The van der Waals surface area contributed by atoms with Crippen LogP contribution >= 0.6 is 0 Å². The number of aliphatic hydroxyl groups excluding tert-OH is 1. The van der Waals surface area contributed by atoms with Crippen LogP contribution in [0.15, 0.2) is 18.2 Å². The maximum atomic E-state index is 13.7. The van der Waals surface area contributed by atoms with Gasteiger partial charge in [0.1, 0.15) is 11.6 Å². The van der Waals surface area contributed by atoms with Gasteiger partial charge < -0.3 is 14.6 Å². The maximum Gasteiger partial charge on any atom is 0.130 e. The summed E-state index contributed by atoms with van der Waals surface area (Å²) in [5.41, 5.74) is 0.598. The average Bonchev–Trinajstić information content (AvgIpc) is 2.34. The smallest absolute Gasteiger partial charge is 0.130 e. The molecular formula is C13H17FO3. The van der Waals surface area contributed by atoms with Gasteiger partial charge in [-0.05, 0) is 24.5 Å². The van der Waals surface area contributed by atoms with E-state index < -0.39 is 6.10 Å². The predicted octanol–water partition coefficient (Wildman–Crippen LogP) is 1.77. The molecule has 0 amide bonds. The lowest BCUT2D eigenvalue weighted by molar-refractivity contribution is -0.0352. The molecule has 0 radical (unpaired) electrons. The Kier molecular flexibility index (Phi) is 3.97. The minimum Gasteiger partial charge on any atom is -0.497 e. The number of benzene rings is 1. The van der Waals surface area contributed by atoms with Crippen LogP contribution in [0.4, 0.5) is 4.39 Å². The number of hydrogen-bond donors (Lipinski definition) is 1. The molecule has 2 rings (SSSR count). The predicted molar refractivity (Wildman–Crippen MR) is 61.6 cm³/mol. The van der Waals surface area contributed by atoms with Crippen molar-refractivity contribution in [1.29, 1.82) is 0 Å². The molecule has 0 bridgehead atoms. The van der Waals surface area contributed by atoms with Gasteiger partial charge in [-0.15, -0.1) is 0 Å². The minimum absolute atomic E-state index is 0.0216. The maximum absolute atomic E-state index is 13.7. The summed E-state index contributed by atoms with van der Waals surface area (Å²) in [5.74, 6) is 0.195. The molecule has 1 aliphatic heterocycles. The summed E-state index contributed by atoms with van der Waals surface area (Å²) in [5, 5.41) is 9.79. The van der Waals surface area contributed by atoms with Crippen molar-refractivity contribution >= 4 is 0 Å². The van der Waals surface area contributed by atoms with Gasteiger partial charge in [-0.2, -0.15) is 0 Å². The zero-order valence-electron chi connectivity index (χ0n) is 9.86. The highest BCUT2D eigenvalue weighted by Crippen LogP contribution is 2.23. The standard InChI is InChI=1S/C13H17FO3/c1-16-11-3-2-9(12(14)7-11)6-10-8-17-5-4-13(10)15/h2-3,7,10,13,15H,4-6,8H2,1H3. The van der Waals surface area contributed by atoms with Crippen molar-refractivity contribution in [2.24, 2.45) is 5.92 Å². The zero-order valence-corrected chi connectivity index (χ0v) is 9.86. The van der Waals surface area contributed by atoms with Crippen molar-refractivity contribution in [2.45, 2.75) is 18.9 Å². The fraction of sp³-hybridized carbons (Fsp3) is 0.538. The van der Waals surface area contributed by atoms with Crippen LogP contribution in [0.1, 0.15) is 12.0 Å². The Bertz CT molecular complexity index is 381. The van der Waals surface area contributed by atoms with E-state index >= 15 is 0 Å². The van der Waals surface area contributed by atoms with E-state index in [0.717, 1.165) is 0 Å². The number of hydrogen-bond acceptors (Lipinski definition) is 3. The van der Waals surface area contributed by atoms with E-state index in [1.807, 2.05) is 0 Å². The third-order valence-corrected chi connectivity index (χ3v) is 3.18. The van der Waals surface area contributed by atoms with Gasteiger partial charge in [0.05, 0.1) is 19.8 Å². The summed E-state index contributed by atoms with van der Waals surface area (Å²) in [6, 6.07) is 4.80.